The molecule has 1 amide bonds. The number of hydrogen-bond acceptors (Lipinski definition) is 5. The van der Waals surface area contributed by atoms with Gasteiger partial charge in [0, 0.05) is 4.47 Å². The Morgan fingerprint density at radius 3 is 2.59 bits per heavy atom. The van der Waals surface area contributed by atoms with E-state index in [1.54, 1.807) is 24.3 Å². The van der Waals surface area contributed by atoms with E-state index < -0.39 is 22.5 Å². The van der Waals surface area contributed by atoms with E-state index in [1.165, 1.54) is 13.8 Å². The highest BCUT2D eigenvalue weighted by atomic mass is 79.9. The Morgan fingerprint density at radius 1 is 1.32 bits per heavy atom. The summed E-state index contributed by atoms with van der Waals surface area (Å²) in [5.74, 6) is -0.307. The second kappa shape index (κ2) is 6.59. The number of carbonyl (C=O) groups is 1. The molecule has 9 heteroatoms. The lowest BCUT2D eigenvalue weighted by Gasteiger charge is -2.08. The number of sulfonamides is 1. The molecule has 0 saturated heterocycles. The summed E-state index contributed by atoms with van der Waals surface area (Å²) in [4.78, 5) is 11.8. The van der Waals surface area contributed by atoms with E-state index >= 15 is 0 Å². The van der Waals surface area contributed by atoms with Gasteiger partial charge in [-0.1, -0.05) is 17.3 Å². The first-order valence-electron chi connectivity index (χ1n) is 6.28. The zero-order valence-electron chi connectivity index (χ0n) is 11.9. The van der Waals surface area contributed by atoms with Crippen molar-refractivity contribution in [2.75, 3.05) is 11.9 Å². The number of aromatic nitrogens is 1. The van der Waals surface area contributed by atoms with E-state index in [9.17, 15) is 13.2 Å². The Hall–Kier alpha value is -1.71. The molecule has 1 aromatic heterocycles. The third-order valence-corrected chi connectivity index (χ3v) is 5.14. The van der Waals surface area contributed by atoms with Crippen LogP contribution in [0.3, 0.4) is 0 Å². The Labute approximate surface area is 136 Å². The van der Waals surface area contributed by atoms with Gasteiger partial charge >= 0.3 is 0 Å². The number of nitrogens with zero attached hydrogens (tertiary/aromatic N) is 1. The van der Waals surface area contributed by atoms with Gasteiger partial charge in [-0.3, -0.25) is 4.79 Å². The van der Waals surface area contributed by atoms with Crippen LogP contribution < -0.4 is 10.0 Å². The van der Waals surface area contributed by atoms with Crippen molar-refractivity contribution in [1.82, 2.24) is 9.88 Å². The van der Waals surface area contributed by atoms with Crippen LogP contribution in [0.25, 0.3) is 0 Å². The minimum atomic E-state index is -3.85. The summed E-state index contributed by atoms with van der Waals surface area (Å²) in [6.45, 7) is 2.62. The van der Waals surface area contributed by atoms with Crippen molar-refractivity contribution in [2.45, 2.75) is 18.7 Å². The molecule has 7 nitrogen and oxygen atoms in total. The fourth-order valence-electron chi connectivity index (χ4n) is 1.85. The molecule has 0 fully saturated rings. The molecule has 0 saturated carbocycles. The molecule has 22 heavy (non-hydrogen) atoms. The number of rotatable bonds is 5. The van der Waals surface area contributed by atoms with Crippen molar-refractivity contribution < 1.29 is 17.7 Å². The van der Waals surface area contributed by atoms with Crippen molar-refractivity contribution in [1.29, 1.82) is 0 Å². The van der Waals surface area contributed by atoms with Crippen LogP contribution >= 0.6 is 15.9 Å². The minimum absolute atomic E-state index is 0.0406. The SMILES string of the molecule is Cc1noc(C)c1S(=O)(=O)NCC(=O)Nc1ccccc1Br. The molecule has 0 radical (unpaired) electrons. The number of hydrogen-bond donors (Lipinski definition) is 2. The molecule has 2 rings (SSSR count). The van der Waals surface area contributed by atoms with E-state index in [0.29, 0.717) is 10.2 Å². The van der Waals surface area contributed by atoms with Gasteiger partial charge in [-0.05, 0) is 41.9 Å². The average Bonchev–Trinajstić information content (AvgIpc) is 2.79. The number of amides is 1. The fraction of sp³-hybridized carbons (Fsp3) is 0.231. The summed E-state index contributed by atoms with van der Waals surface area (Å²) in [6, 6.07) is 7.03. The molecule has 0 aliphatic heterocycles. The lowest BCUT2D eigenvalue weighted by molar-refractivity contribution is -0.115. The highest BCUT2D eigenvalue weighted by Gasteiger charge is 2.24. The van der Waals surface area contributed by atoms with E-state index in [2.05, 4.69) is 31.1 Å². The average molecular weight is 388 g/mol. The highest BCUT2D eigenvalue weighted by Crippen LogP contribution is 2.21. The first kappa shape index (κ1) is 16.7. The second-order valence-electron chi connectivity index (χ2n) is 4.51. The monoisotopic (exact) mass is 387 g/mol. The number of halogens is 1. The van der Waals surface area contributed by atoms with Crippen LogP contribution in [0, 0.1) is 13.8 Å². The number of benzene rings is 1. The van der Waals surface area contributed by atoms with Crippen LogP contribution in [-0.4, -0.2) is 26.0 Å². The van der Waals surface area contributed by atoms with Gasteiger partial charge < -0.3 is 9.84 Å². The molecule has 1 aromatic carbocycles. The van der Waals surface area contributed by atoms with Gasteiger partial charge in [0.15, 0.2) is 5.76 Å². The fourth-order valence-corrected chi connectivity index (χ4v) is 3.54. The van der Waals surface area contributed by atoms with Crippen LogP contribution in [0.15, 0.2) is 38.2 Å². The molecule has 1 heterocycles. The predicted molar refractivity (Wildman–Crippen MR) is 83.9 cm³/mol. The Bertz CT molecular complexity index is 782. The second-order valence-corrected chi connectivity index (χ2v) is 7.06. The lowest BCUT2D eigenvalue weighted by Crippen LogP contribution is -2.33. The maximum Gasteiger partial charge on any atom is 0.246 e. The standard InChI is InChI=1S/C13H14BrN3O4S/c1-8-13(9(2)21-17-8)22(19,20)15-7-12(18)16-11-6-4-3-5-10(11)14/h3-6,15H,7H2,1-2H3,(H,16,18). The molecule has 118 valence electrons. The van der Waals surface area contributed by atoms with Gasteiger partial charge in [0.1, 0.15) is 10.6 Å². The molecule has 0 aliphatic rings. The van der Waals surface area contributed by atoms with Crippen molar-refractivity contribution >= 4 is 37.5 Å². The van der Waals surface area contributed by atoms with Gasteiger partial charge in [-0.15, -0.1) is 0 Å². The lowest BCUT2D eigenvalue weighted by atomic mass is 10.3. The van der Waals surface area contributed by atoms with E-state index in [1.807, 2.05) is 0 Å². The topological polar surface area (TPSA) is 101 Å². The highest BCUT2D eigenvalue weighted by molar-refractivity contribution is 9.10. The summed E-state index contributed by atoms with van der Waals surface area (Å²) >= 11 is 3.29. The predicted octanol–water partition coefficient (Wildman–Crippen LogP) is 1.97. The quantitative estimate of drug-likeness (QED) is 0.816. The summed E-state index contributed by atoms with van der Waals surface area (Å²) in [5.41, 5.74) is 0.806. The van der Waals surface area contributed by atoms with Gasteiger partial charge in [0.2, 0.25) is 15.9 Å². The van der Waals surface area contributed by atoms with Crippen molar-refractivity contribution in [3.63, 3.8) is 0 Å². The maximum atomic E-state index is 12.2. The molecular formula is C13H14BrN3O4S. The molecule has 0 unspecified atom stereocenters. The largest absolute Gasteiger partial charge is 0.360 e. The first-order chi connectivity index (χ1) is 10.3. The zero-order chi connectivity index (χ0) is 16.3. The van der Waals surface area contributed by atoms with Crippen LogP contribution in [-0.2, 0) is 14.8 Å². The van der Waals surface area contributed by atoms with E-state index in [0.717, 1.165) is 0 Å². The summed E-state index contributed by atoms with van der Waals surface area (Å²) < 4.78 is 32.1. The van der Waals surface area contributed by atoms with Gasteiger partial charge in [0.05, 0.1) is 12.2 Å². The Morgan fingerprint density at radius 2 is 2.00 bits per heavy atom. The number of para-hydroxylation sites is 1. The first-order valence-corrected chi connectivity index (χ1v) is 8.56. The van der Waals surface area contributed by atoms with Gasteiger partial charge in [0.25, 0.3) is 0 Å². The number of nitrogens with one attached hydrogen (secondary N) is 2. The molecule has 0 spiro atoms. The van der Waals surface area contributed by atoms with Crippen molar-refractivity contribution in [3.05, 3.63) is 40.2 Å². The van der Waals surface area contributed by atoms with Crippen LogP contribution in [0.4, 0.5) is 5.69 Å². The third kappa shape index (κ3) is 3.73. The molecular weight excluding hydrogens is 374 g/mol. The van der Waals surface area contributed by atoms with Gasteiger partial charge in [-0.25, -0.2) is 13.1 Å². The Balaban J connectivity index is 2.04. The number of anilines is 1. The van der Waals surface area contributed by atoms with E-state index in [4.69, 9.17) is 4.52 Å². The molecule has 2 N–H and O–H groups in total. The minimum Gasteiger partial charge on any atom is -0.360 e. The zero-order valence-corrected chi connectivity index (χ0v) is 14.3. The summed E-state index contributed by atoms with van der Waals surface area (Å²) in [7, 11) is -3.85. The van der Waals surface area contributed by atoms with E-state index in [-0.39, 0.29) is 16.3 Å². The third-order valence-electron chi connectivity index (χ3n) is 2.81. The Kier molecular flexibility index (Phi) is 4.99. The van der Waals surface area contributed by atoms with Gasteiger partial charge in [-0.2, -0.15) is 0 Å². The number of carbonyl (C=O) groups excluding carboxylic acids is 1. The molecule has 2 aromatic rings. The maximum absolute atomic E-state index is 12.2. The number of aryl methyl sites for hydroxylation is 2. The van der Waals surface area contributed by atoms with Crippen LogP contribution in [0.5, 0.6) is 0 Å². The van der Waals surface area contributed by atoms with Crippen molar-refractivity contribution in [3.8, 4) is 0 Å². The summed E-state index contributed by atoms with van der Waals surface area (Å²) in [5, 5.41) is 6.19. The van der Waals surface area contributed by atoms with Crippen molar-refractivity contribution in [2.24, 2.45) is 0 Å². The molecule has 0 bridgehead atoms. The van der Waals surface area contributed by atoms with Crippen LogP contribution in [0.2, 0.25) is 0 Å². The summed E-state index contributed by atoms with van der Waals surface area (Å²) in [6.07, 6.45) is 0. The smallest absolute Gasteiger partial charge is 0.246 e. The van der Waals surface area contributed by atoms with Crippen LogP contribution in [0.1, 0.15) is 11.5 Å². The molecule has 0 atom stereocenters. The normalized spacial score (nSPS) is 11.4. The molecule has 0 aliphatic carbocycles.